The summed E-state index contributed by atoms with van der Waals surface area (Å²) in [5, 5.41) is 0. The highest BCUT2D eigenvalue weighted by Crippen LogP contribution is 2.41. The van der Waals surface area contributed by atoms with Gasteiger partial charge in [0, 0.05) is 6.42 Å². The van der Waals surface area contributed by atoms with Crippen LogP contribution in [0.15, 0.2) is 47.6 Å². The van der Waals surface area contributed by atoms with Crippen molar-refractivity contribution in [2.45, 2.75) is 25.0 Å². The van der Waals surface area contributed by atoms with Gasteiger partial charge in [-0.2, -0.15) is 0 Å². The van der Waals surface area contributed by atoms with Gasteiger partial charge in [0.2, 0.25) is 0 Å². The molecular weight excluding hydrogens is 160 g/mol. The Hall–Kier alpha value is -1.08. The highest BCUT2D eigenvalue weighted by molar-refractivity contribution is 5.49. The number of rotatable bonds is 0. The fourth-order valence-corrected chi connectivity index (χ4v) is 2.26. The standard InChI is InChI=1S/C12H12O/c1-12-7-6-10-9(8-12)4-2-3-5-11(10)13-12/h2-7,11H,8H2,1H3. The van der Waals surface area contributed by atoms with Crippen molar-refractivity contribution in [3.05, 3.63) is 47.6 Å². The summed E-state index contributed by atoms with van der Waals surface area (Å²) in [5.74, 6) is 0. The third-order valence-electron chi connectivity index (χ3n) is 2.92. The molecule has 0 saturated carbocycles. The van der Waals surface area contributed by atoms with Crippen molar-refractivity contribution >= 4 is 0 Å². The molecule has 0 aromatic heterocycles. The van der Waals surface area contributed by atoms with E-state index in [1.54, 1.807) is 0 Å². The molecule has 0 fully saturated rings. The van der Waals surface area contributed by atoms with Gasteiger partial charge < -0.3 is 4.74 Å². The Morgan fingerprint density at radius 2 is 2.31 bits per heavy atom. The maximum absolute atomic E-state index is 5.95. The van der Waals surface area contributed by atoms with Gasteiger partial charge >= 0.3 is 0 Å². The van der Waals surface area contributed by atoms with E-state index in [-0.39, 0.29) is 11.7 Å². The third-order valence-corrected chi connectivity index (χ3v) is 2.92. The molecule has 0 amide bonds. The first-order valence-electron chi connectivity index (χ1n) is 4.72. The largest absolute Gasteiger partial charge is 0.359 e. The summed E-state index contributed by atoms with van der Waals surface area (Å²) in [6.07, 6.45) is 14.1. The van der Waals surface area contributed by atoms with Gasteiger partial charge in [0.25, 0.3) is 0 Å². The monoisotopic (exact) mass is 172 g/mol. The van der Waals surface area contributed by atoms with E-state index in [9.17, 15) is 0 Å². The van der Waals surface area contributed by atoms with Crippen LogP contribution in [0.3, 0.4) is 0 Å². The second-order valence-corrected chi connectivity index (χ2v) is 4.09. The minimum absolute atomic E-state index is 0.0687. The molecule has 0 aromatic rings. The van der Waals surface area contributed by atoms with E-state index >= 15 is 0 Å². The lowest BCUT2D eigenvalue weighted by atomic mass is 9.82. The Bertz CT molecular complexity index is 371. The van der Waals surface area contributed by atoms with Gasteiger partial charge in [0.15, 0.2) is 0 Å². The first-order valence-corrected chi connectivity index (χ1v) is 4.72. The van der Waals surface area contributed by atoms with E-state index in [0.717, 1.165) is 6.42 Å². The van der Waals surface area contributed by atoms with Gasteiger partial charge in [0.1, 0.15) is 6.10 Å². The molecule has 0 radical (unpaired) electrons. The molecular formula is C12H12O. The molecule has 4 rings (SSSR count). The summed E-state index contributed by atoms with van der Waals surface area (Å²) in [7, 11) is 0. The van der Waals surface area contributed by atoms with Crippen molar-refractivity contribution < 1.29 is 4.74 Å². The zero-order valence-corrected chi connectivity index (χ0v) is 7.66. The van der Waals surface area contributed by atoms with Gasteiger partial charge in [-0.1, -0.05) is 36.5 Å². The van der Waals surface area contributed by atoms with Crippen molar-refractivity contribution in [1.82, 2.24) is 0 Å². The van der Waals surface area contributed by atoms with E-state index in [2.05, 4.69) is 43.4 Å². The van der Waals surface area contributed by atoms with E-state index < -0.39 is 0 Å². The summed E-state index contributed by atoms with van der Waals surface area (Å²) in [6, 6.07) is 0. The van der Waals surface area contributed by atoms with Crippen molar-refractivity contribution in [1.29, 1.82) is 0 Å². The van der Waals surface area contributed by atoms with Crippen LogP contribution in [0.2, 0.25) is 0 Å². The molecule has 0 aromatic carbocycles. The lowest BCUT2D eigenvalue weighted by Gasteiger charge is -2.41. The predicted molar refractivity (Wildman–Crippen MR) is 52.3 cm³/mol. The maximum Gasteiger partial charge on any atom is 0.102 e. The maximum atomic E-state index is 5.95. The summed E-state index contributed by atoms with van der Waals surface area (Å²) in [4.78, 5) is 0. The number of hydrogen-bond acceptors (Lipinski definition) is 1. The SMILES string of the molecule is CC12C=CC3=C(C=CC=CC3O1)C2. The summed E-state index contributed by atoms with van der Waals surface area (Å²) < 4.78 is 5.95. The summed E-state index contributed by atoms with van der Waals surface area (Å²) in [6.45, 7) is 2.15. The molecule has 4 aliphatic rings. The van der Waals surface area contributed by atoms with Crippen LogP contribution in [0, 0.1) is 0 Å². The first-order chi connectivity index (χ1) is 6.27. The van der Waals surface area contributed by atoms with Crippen molar-refractivity contribution in [3.63, 3.8) is 0 Å². The van der Waals surface area contributed by atoms with Crippen LogP contribution in [-0.2, 0) is 4.74 Å². The lowest BCUT2D eigenvalue weighted by Crippen LogP contribution is -2.40. The Balaban J connectivity index is 2.20. The van der Waals surface area contributed by atoms with Crippen molar-refractivity contribution in [3.8, 4) is 0 Å². The van der Waals surface area contributed by atoms with Gasteiger partial charge in [0.05, 0.1) is 5.60 Å². The average Bonchev–Trinajstić information content (AvgIpc) is 2.24. The van der Waals surface area contributed by atoms with Gasteiger partial charge in [-0.3, -0.25) is 0 Å². The molecule has 2 atom stereocenters. The first kappa shape index (κ1) is 7.34. The Morgan fingerprint density at radius 3 is 3.15 bits per heavy atom. The molecule has 0 spiro atoms. The lowest BCUT2D eigenvalue weighted by molar-refractivity contribution is -0.0294. The zero-order valence-electron chi connectivity index (χ0n) is 7.66. The molecule has 1 heteroatoms. The van der Waals surface area contributed by atoms with Crippen LogP contribution >= 0.6 is 0 Å². The van der Waals surface area contributed by atoms with Crippen LogP contribution in [-0.4, -0.2) is 11.7 Å². The summed E-state index contributed by atoms with van der Waals surface area (Å²) in [5.41, 5.74) is 2.71. The van der Waals surface area contributed by atoms with Gasteiger partial charge in [-0.25, -0.2) is 0 Å². The van der Waals surface area contributed by atoms with Crippen LogP contribution in [0.4, 0.5) is 0 Å². The van der Waals surface area contributed by atoms with E-state index in [1.807, 2.05) is 0 Å². The fourth-order valence-electron chi connectivity index (χ4n) is 2.26. The third kappa shape index (κ3) is 0.971. The Morgan fingerprint density at radius 1 is 1.38 bits per heavy atom. The predicted octanol–water partition coefficient (Wildman–Crippen LogP) is 2.53. The van der Waals surface area contributed by atoms with Crippen LogP contribution in [0.25, 0.3) is 0 Å². The molecule has 2 aliphatic heterocycles. The molecule has 2 aliphatic carbocycles. The van der Waals surface area contributed by atoms with Gasteiger partial charge in [-0.05, 0) is 18.1 Å². The minimum Gasteiger partial charge on any atom is -0.359 e. The van der Waals surface area contributed by atoms with Crippen molar-refractivity contribution in [2.24, 2.45) is 0 Å². The Kier molecular flexibility index (Phi) is 1.26. The Labute approximate surface area is 78.1 Å². The molecule has 4 bridgehead atoms. The quantitative estimate of drug-likeness (QED) is 0.545. The number of allylic oxidation sites excluding steroid dienone is 3. The highest BCUT2D eigenvalue weighted by atomic mass is 16.5. The zero-order chi connectivity index (χ0) is 8.89. The molecule has 0 N–H and O–H groups in total. The molecule has 2 unspecified atom stereocenters. The van der Waals surface area contributed by atoms with E-state index in [1.165, 1.54) is 11.1 Å². The normalized spacial score (nSPS) is 39.9. The molecule has 13 heavy (non-hydrogen) atoms. The second-order valence-electron chi connectivity index (χ2n) is 4.09. The highest BCUT2D eigenvalue weighted by Gasteiger charge is 2.37. The fraction of sp³-hybridized carbons (Fsp3) is 0.333. The molecule has 66 valence electrons. The van der Waals surface area contributed by atoms with E-state index in [0.29, 0.717) is 0 Å². The van der Waals surface area contributed by atoms with Crippen molar-refractivity contribution in [2.75, 3.05) is 0 Å². The van der Waals surface area contributed by atoms with Crippen LogP contribution in [0.5, 0.6) is 0 Å². The molecule has 2 heterocycles. The van der Waals surface area contributed by atoms with E-state index in [4.69, 9.17) is 4.74 Å². The van der Waals surface area contributed by atoms with Crippen LogP contribution in [0.1, 0.15) is 13.3 Å². The molecule has 1 nitrogen and oxygen atoms in total. The van der Waals surface area contributed by atoms with Gasteiger partial charge in [-0.15, -0.1) is 0 Å². The second kappa shape index (κ2) is 2.24. The van der Waals surface area contributed by atoms with Crippen LogP contribution < -0.4 is 0 Å². The summed E-state index contributed by atoms with van der Waals surface area (Å²) >= 11 is 0. The average molecular weight is 172 g/mol. The smallest absolute Gasteiger partial charge is 0.102 e. The number of hydrogen-bond donors (Lipinski definition) is 0. The topological polar surface area (TPSA) is 9.23 Å². The number of ether oxygens (including phenoxy) is 1. The molecule has 0 saturated heterocycles. The minimum atomic E-state index is -0.0687.